The zero-order valence-corrected chi connectivity index (χ0v) is 15.2. The van der Waals surface area contributed by atoms with Crippen LogP contribution < -0.4 is 0 Å². The zero-order valence-electron chi connectivity index (χ0n) is 15.2. The highest BCUT2D eigenvalue weighted by molar-refractivity contribution is 5.79. The van der Waals surface area contributed by atoms with Crippen molar-refractivity contribution in [1.29, 1.82) is 0 Å². The number of likely N-dealkylation sites (tertiary alicyclic amines) is 1. The van der Waals surface area contributed by atoms with Crippen LogP contribution in [0.15, 0.2) is 30.3 Å². The molecule has 2 aliphatic rings. The molecule has 1 aromatic carbocycles. The minimum absolute atomic E-state index is 0.103. The zero-order chi connectivity index (χ0) is 17.6. The number of hydrogen-bond acceptors (Lipinski definition) is 3. The Kier molecular flexibility index (Phi) is 6.08. The standard InChI is InChI=1S/C20H29N3O2/c1-17(24)21-11-13-22(14-12-21)20(25)16-23-10-6-5-9-19(23)15-18-7-3-2-4-8-18/h2-4,7-8,19H,5-6,9-16H2,1H3. The number of piperazine rings is 1. The van der Waals surface area contributed by atoms with Gasteiger partial charge in [-0.1, -0.05) is 36.8 Å². The van der Waals surface area contributed by atoms with Gasteiger partial charge in [0.05, 0.1) is 6.54 Å². The second-order valence-electron chi connectivity index (χ2n) is 7.20. The number of piperidine rings is 1. The SMILES string of the molecule is CC(=O)N1CCN(C(=O)CN2CCCCC2Cc2ccccc2)CC1. The molecule has 1 unspecified atom stereocenters. The summed E-state index contributed by atoms with van der Waals surface area (Å²) in [4.78, 5) is 30.3. The molecule has 0 radical (unpaired) electrons. The molecule has 3 rings (SSSR count). The average Bonchev–Trinajstić information content (AvgIpc) is 2.64. The van der Waals surface area contributed by atoms with E-state index in [2.05, 4.69) is 29.2 Å². The summed E-state index contributed by atoms with van der Waals surface area (Å²) in [6.45, 7) is 5.77. The smallest absolute Gasteiger partial charge is 0.236 e. The maximum Gasteiger partial charge on any atom is 0.236 e. The molecule has 0 bridgehead atoms. The molecule has 0 aliphatic carbocycles. The molecule has 2 heterocycles. The molecular formula is C20H29N3O2. The first-order valence-electron chi connectivity index (χ1n) is 9.45. The van der Waals surface area contributed by atoms with Gasteiger partial charge in [0.1, 0.15) is 0 Å². The van der Waals surface area contributed by atoms with Crippen LogP contribution in [-0.2, 0) is 16.0 Å². The lowest BCUT2D eigenvalue weighted by Gasteiger charge is -2.39. The predicted octanol–water partition coefficient (Wildman–Crippen LogP) is 1.77. The Morgan fingerprint density at radius 3 is 2.32 bits per heavy atom. The van der Waals surface area contributed by atoms with Gasteiger partial charge in [-0.2, -0.15) is 0 Å². The van der Waals surface area contributed by atoms with Gasteiger partial charge in [0, 0.05) is 39.1 Å². The predicted molar refractivity (Wildman–Crippen MR) is 98.2 cm³/mol. The summed E-state index contributed by atoms with van der Waals surface area (Å²) in [6.07, 6.45) is 4.61. The highest BCUT2D eigenvalue weighted by Crippen LogP contribution is 2.21. The summed E-state index contributed by atoms with van der Waals surface area (Å²) in [5.41, 5.74) is 1.35. The first-order valence-corrected chi connectivity index (χ1v) is 9.45. The summed E-state index contributed by atoms with van der Waals surface area (Å²) >= 11 is 0. The molecule has 5 heteroatoms. The number of hydrogen-bond donors (Lipinski definition) is 0. The molecule has 136 valence electrons. The van der Waals surface area contributed by atoms with Crippen molar-refractivity contribution in [1.82, 2.24) is 14.7 Å². The molecule has 0 spiro atoms. The van der Waals surface area contributed by atoms with Gasteiger partial charge in [-0.15, -0.1) is 0 Å². The van der Waals surface area contributed by atoms with E-state index in [-0.39, 0.29) is 11.8 Å². The number of nitrogens with zero attached hydrogens (tertiary/aromatic N) is 3. The highest BCUT2D eigenvalue weighted by atomic mass is 16.2. The van der Waals surface area contributed by atoms with Crippen molar-refractivity contribution in [3.05, 3.63) is 35.9 Å². The fraction of sp³-hybridized carbons (Fsp3) is 0.600. The van der Waals surface area contributed by atoms with E-state index in [1.165, 1.54) is 24.8 Å². The lowest BCUT2D eigenvalue weighted by molar-refractivity contribution is -0.139. The molecule has 0 aromatic heterocycles. The third-order valence-corrected chi connectivity index (χ3v) is 5.48. The summed E-state index contributed by atoms with van der Waals surface area (Å²) in [5.74, 6) is 0.314. The third kappa shape index (κ3) is 4.82. The van der Waals surface area contributed by atoms with Crippen molar-refractivity contribution in [2.75, 3.05) is 39.3 Å². The number of carbonyl (C=O) groups is 2. The molecule has 2 aliphatic heterocycles. The lowest BCUT2D eigenvalue weighted by atomic mass is 9.95. The Morgan fingerprint density at radius 2 is 1.64 bits per heavy atom. The second-order valence-corrected chi connectivity index (χ2v) is 7.20. The Balaban J connectivity index is 1.54. The normalized spacial score (nSPS) is 22.0. The van der Waals surface area contributed by atoms with Gasteiger partial charge in [0.2, 0.25) is 11.8 Å². The summed E-state index contributed by atoms with van der Waals surface area (Å²) < 4.78 is 0. The molecule has 0 N–H and O–H groups in total. The maximum absolute atomic E-state index is 12.7. The van der Waals surface area contributed by atoms with E-state index in [0.717, 1.165) is 13.0 Å². The van der Waals surface area contributed by atoms with Gasteiger partial charge in [0.25, 0.3) is 0 Å². The molecule has 0 saturated carbocycles. The molecule has 5 nitrogen and oxygen atoms in total. The third-order valence-electron chi connectivity index (χ3n) is 5.48. The largest absolute Gasteiger partial charge is 0.339 e. The van der Waals surface area contributed by atoms with Gasteiger partial charge in [-0.3, -0.25) is 14.5 Å². The quantitative estimate of drug-likeness (QED) is 0.837. The first kappa shape index (κ1) is 17.9. The van der Waals surface area contributed by atoms with Crippen LogP contribution in [0.5, 0.6) is 0 Å². The van der Waals surface area contributed by atoms with Crippen LogP contribution in [0.4, 0.5) is 0 Å². The van der Waals surface area contributed by atoms with E-state index in [9.17, 15) is 9.59 Å². The van der Waals surface area contributed by atoms with Crippen LogP contribution in [0.25, 0.3) is 0 Å². The Bertz CT molecular complexity index is 582. The molecular weight excluding hydrogens is 314 g/mol. The number of benzene rings is 1. The van der Waals surface area contributed by atoms with Gasteiger partial charge >= 0.3 is 0 Å². The maximum atomic E-state index is 12.7. The van der Waals surface area contributed by atoms with Gasteiger partial charge in [-0.05, 0) is 31.4 Å². The van der Waals surface area contributed by atoms with Crippen molar-refractivity contribution in [2.45, 2.75) is 38.6 Å². The van der Waals surface area contributed by atoms with E-state index >= 15 is 0 Å². The molecule has 2 fully saturated rings. The number of rotatable bonds is 4. The summed E-state index contributed by atoms with van der Waals surface area (Å²) in [5, 5.41) is 0. The van der Waals surface area contributed by atoms with Gasteiger partial charge in [-0.25, -0.2) is 0 Å². The van der Waals surface area contributed by atoms with Crippen LogP contribution >= 0.6 is 0 Å². The highest BCUT2D eigenvalue weighted by Gasteiger charge is 2.28. The van der Waals surface area contributed by atoms with Crippen molar-refractivity contribution < 1.29 is 9.59 Å². The molecule has 1 aromatic rings. The Labute approximate surface area is 150 Å². The van der Waals surface area contributed by atoms with Gasteiger partial charge in [0.15, 0.2) is 0 Å². The van der Waals surface area contributed by atoms with Crippen LogP contribution in [0.3, 0.4) is 0 Å². The fourth-order valence-electron chi connectivity index (χ4n) is 3.93. The molecule has 2 amide bonds. The molecule has 25 heavy (non-hydrogen) atoms. The molecule has 1 atom stereocenters. The second kappa shape index (κ2) is 8.48. The number of amides is 2. The van der Waals surface area contributed by atoms with Crippen molar-refractivity contribution in [3.63, 3.8) is 0 Å². The summed E-state index contributed by atoms with van der Waals surface area (Å²) in [7, 11) is 0. The monoisotopic (exact) mass is 343 g/mol. The summed E-state index contributed by atoms with van der Waals surface area (Å²) in [6, 6.07) is 11.0. The Morgan fingerprint density at radius 1 is 0.960 bits per heavy atom. The Hall–Kier alpha value is -1.88. The van der Waals surface area contributed by atoms with Crippen LogP contribution in [0.1, 0.15) is 31.7 Å². The van der Waals surface area contributed by atoms with E-state index in [0.29, 0.717) is 38.8 Å². The van der Waals surface area contributed by atoms with E-state index in [4.69, 9.17) is 0 Å². The van der Waals surface area contributed by atoms with Crippen molar-refractivity contribution in [3.8, 4) is 0 Å². The van der Waals surface area contributed by atoms with E-state index in [1.807, 2.05) is 15.9 Å². The van der Waals surface area contributed by atoms with Crippen LogP contribution in [0, 0.1) is 0 Å². The van der Waals surface area contributed by atoms with Crippen LogP contribution in [0.2, 0.25) is 0 Å². The minimum Gasteiger partial charge on any atom is -0.339 e. The topological polar surface area (TPSA) is 43.9 Å². The first-order chi connectivity index (χ1) is 12.1. The number of carbonyl (C=O) groups excluding carboxylic acids is 2. The average molecular weight is 343 g/mol. The fourth-order valence-corrected chi connectivity index (χ4v) is 3.93. The minimum atomic E-state index is 0.103. The molecule has 2 saturated heterocycles. The van der Waals surface area contributed by atoms with Crippen molar-refractivity contribution >= 4 is 11.8 Å². The lowest BCUT2D eigenvalue weighted by Crippen LogP contribution is -2.53. The van der Waals surface area contributed by atoms with Crippen LogP contribution in [-0.4, -0.2) is 71.8 Å². The van der Waals surface area contributed by atoms with E-state index < -0.39 is 0 Å². The van der Waals surface area contributed by atoms with Crippen molar-refractivity contribution in [2.24, 2.45) is 0 Å². The van der Waals surface area contributed by atoms with Gasteiger partial charge < -0.3 is 9.80 Å². The van der Waals surface area contributed by atoms with E-state index in [1.54, 1.807) is 6.92 Å².